The standard InChI is InChI=1S/C32H35F2N3O4/c1-4-20-6-5-7-21(10-20)16-35-17-29(38)28(13-22-11-24(33)15-25(34)12-22)36-30(39)23-8-9-26-27(14-23)32(41)37(31(26)40)18-19(2)3/h5-12,14-15,19,28-29,35,38H,4,13,16-18H2,1-3H3,(H,36,39)/t28-,29-/m0/s1. The predicted octanol–water partition coefficient (Wildman–Crippen LogP) is 4.27. The molecule has 3 aromatic carbocycles. The van der Waals surface area contributed by atoms with Crippen molar-refractivity contribution >= 4 is 17.7 Å². The van der Waals surface area contributed by atoms with Gasteiger partial charge in [-0.1, -0.05) is 45.0 Å². The molecule has 0 spiro atoms. The van der Waals surface area contributed by atoms with Crippen molar-refractivity contribution < 1.29 is 28.3 Å². The van der Waals surface area contributed by atoms with Gasteiger partial charge in [0.1, 0.15) is 11.6 Å². The number of imide groups is 1. The zero-order valence-corrected chi connectivity index (χ0v) is 23.4. The Hall–Kier alpha value is -3.95. The van der Waals surface area contributed by atoms with Crippen molar-refractivity contribution in [3.63, 3.8) is 0 Å². The number of hydrogen-bond acceptors (Lipinski definition) is 5. The Morgan fingerprint density at radius 3 is 2.27 bits per heavy atom. The third-order valence-corrected chi connectivity index (χ3v) is 7.02. The van der Waals surface area contributed by atoms with Crippen LogP contribution in [0.15, 0.2) is 60.7 Å². The minimum atomic E-state index is -1.11. The molecule has 0 bridgehead atoms. The molecular formula is C32H35F2N3O4. The molecular weight excluding hydrogens is 528 g/mol. The lowest BCUT2D eigenvalue weighted by atomic mass is 9.99. The molecule has 4 rings (SSSR count). The minimum Gasteiger partial charge on any atom is -0.390 e. The molecule has 0 radical (unpaired) electrons. The van der Waals surface area contributed by atoms with E-state index in [-0.39, 0.29) is 47.7 Å². The van der Waals surface area contributed by atoms with E-state index in [0.29, 0.717) is 6.54 Å². The summed E-state index contributed by atoms with van der Waals surface area (Å²) >= 11 is 0. The molecule has 2 atom stereocenters. The summed E-state index contributed by atoms with van der Waals surface area (Å²) in [6.07, 6.45) is -0.259. The van der Waals surface area contributed by atoms with Gasteiger partial charge in [0.15, 0.2) is 0 Å². The maximum Gasteiger partial charge on any atom is 0.261 e. The second kappa shape index (κ2) is 13.1. The van der Waals surface area contributed by atoms with Crippen LogP contribution in [-0.2, 0) is 19.4 Å². The number of nitrogens with zero attached hydrogens (tertiary/aromatic N) is 1. The van der Waals surface area contributed by atoms with Crippen molar-refractivity contribution in [2.45, 2.75) is 52.3 Å². The van der Waals surface area contributed by atoms with E-state index in [2.05, 4.69) is 23.6 Å². The average molecular weight is 564 g/mol. The Labute approximate surface area is 238 Å². The molecule has 3 aromatic rings. The van der Waals surface area contributed by atoms with Crippen molar-refractivity contribution in [1.82, 2.24) is 15.5 Å². The highest BCUT2D eigenvalue weighted by molar-refractivity contribution is 6.22. The van der Waals surface area contributed by atoms with Crippen LogP contribution in [0.25, 0.3) is 0 Å². The Kier molecular flexibility index (Phi) is 9.62. The molecule has 9 heteroatoms. The van der Waals surface area contributed by atoms with Crippen LogP contribution in [0.2, 0.25) is 0 Å². The Bertz CT molecular complexity index is 1420. The number of aliphatic hydroxyl groups is 1. The SMILES string of the molecule is CCc1cccc(CNC[C@H](O)[C@H](Cc2cc(F)cc(F)c2)NC(=O)c2ccc3c(c2)C(=O)N(CC(C)C)C3=O)c1. The average Bonchev–Trinajstić information content (AvgIpc) is 3.16. The molecule has 216 valence electrons. The highest BCUT2D eigenvalue weighted by Gasteiger charge is 2.36. The van der Waals surface area contributed by atoms with Crippen LogP contribution in [0.1, 0.15) is 68.5 Å². The van der Waals surface area contributed by atoms with Gasteiger partial charge >= 0.3 is 0 Å². The van der Waals surface area contributed by atoms with Gasteiger partial charge in [-0.25, -0.2) is 8.78 Å². The van der Waals surface area contributed by atoms with Gasteiger partial charge in [0.25, 0.3) is 17.7 Å². The van der Waals surface area contributed by atoms with Crippen LogP contribution in [0, 0.1) is 17.6 Å². The molecule has 0 saturated carbocycles. The van der Waals surface area contributed by atoms with Crippen LogP contribution in [-0.4, -0.2) is 53.0 Å². The molecule has 0 aromatic heterocycles. The molecule has 0 saturated heterocycles. The van der Waals surface area contributed by atoms with E-state index < -0.39 is 41.5 Å². The van der Waals surface area contributed by atoms with Crippen molar-refractivity contribution in [2.24, 2.45) is 5.92 Å². The maximum absolute atomic E-state index is 13.9. The fourth-order valence-corrected chi connectivity index (χ4v) is 4.95. The van der Waals surface area contributed by atoms with Gasteiger partial charge in [-0.05, 0) is 65.8 Å². The zero-order valence-electron chi connectivity index (χ0n) is 23.4. The fourth-order valence-electron chi connectivity index (χ4n) is 4.95. The molecule has 0 unspecified atom stereocenters. The highest BCUT2D eigenvalue weighted by Crippen LogP contribution is 2.25. The van der Waals surface area contributed by atoms with Crippen molar-refractivity contribution in [3.05, 3.63) is 106 Å². The van der Waals surface area contributed by atoms with Gasteiger partial charge in [-0.3, -0.25) is 19.3 Å². The number of aliphatic hydroxyl groups excluding tert-OH is 1. The Balaban J connectivity index is 1.50. The number of nitrogens with one attached hydrogen (secondary N) is 2. The first-order valence-corrected chi connectivity index (χ1v) is 13.8. The summed E-state index contributed by atoms with van der Waals surface area (Å²) in [5.41, 5.74) is 2.99. The summed E-state index contributed by atoms with van der Waals surface area (Å²) in [7, 11) is 0. The van der Waals surface area contributed by atoms with Crippen LogP contribution < -0.4 is 10.6 Å². The van der Waals surface area contributed by atoms with Gasteiger partial charge in [-0.2, -0.15) is 0 Å². The molecule has 41 heavy (non-hydrogen) atoms. The van der Waals surface area contributed by atoms with Crippen molar-refractivity contribution in [2.75, 3.05) is 13.1 Å². The normalized spacial score (nSPS) is 14.4. The topological polar surface area (TPSA) is 98.7 Å². The summed E-state index contributed by atoms with van der Waals surface area (Å²) in [5.74, 6) is -2.90. The van der Waals surface area contributed by atoms with E-state index in [4.69, 9.17) is 0 Å². The molecule has 0 fully saturated rings. The number of hydrogen-bond donors (Lipinski definition) is 3. The van der Waals surface area contributed by atoms with E-state index in [0.717, 1.165) is 30.2 Å². The second-order valence-electron chi connectivity index (χ2n) is 10.8. The molecule has 1 aliphatic rings. The predicted molar refractivity (Wildman–Crippen MR) is 151 cm³/mol. The molecule has 3 amide bonds. The monoisotopic (exact) mass is 563 g/mol. The number of fused-ring (bicyclic) bond motifs is 1. The molecule has 3 N–H and O–H groups in total. The number of halogens is 2. The van der Waals surface area contributed by atoms with Crippen LogP contribution in [0.5, 0.6) is 0 Å². The summed E-state index contributed by atoms with van der Waals surface area (Å²) in [5, 5.41) is 17.0. The Morgan fingerprint density at radius 1 is 0.902 bits per heavy atom. The third-order valence-electron chi connectivity index (χ3n) is 7.02. The minimum absolute atomic E-state index is 0.0425. The Morgan fingerprint density at radius 2 is 1.59 bits per heavy atom. The van der Waals surface area contributed by atoms with Crippen LogP contribution in [0.4, 0.5) is 8.78 Å². The lowest BCUT2D eigenvalue weighted by molar-refractivity contribution is 0.0636. The van der Waals surface area contributed by atoms with E-state index in [1.54, 1.807) is 0 Å². The highest BCUT2D eigenvalue weighted by atomic mass is 19.1. The number of amides is 3. The van der Waals surface area contributed by atoms with E-state index >= 15 is 0 Å². The molecule has 1 heterocycles. The quantitative estimate of drug-likeness (QED) is 0.286. The van der Waals surface area contributed by atoms with Crippen LogP contribution in [0.3, 0.4) is 0 Å². The smallest absolute Gasteiger partial charge is 0.261 e. The second-order valence-corrected chi connectivity index (χ2v) is 10.8. The summed E-state index contributed by atoms with van der Waals surface area (Å²) in [6.45, 7) is 6.71. The van der Waals surface area contributed by atoms with Gasteiger partial charge in [0.2, 0.25) is 0 Å². The van der Waals surface area contributed by atoms with E-state index in [1.165, 1.54) is 28.7 Å². The first kappa shape index (κ1) is 30.0. The number of aryl methyl sites for hydroxylation is 1. The molecule has 1 aliphatic heterocycles. The summed E-state index contributed by atoms with van der Waals surface area (Å²) < 4.78 is 27.8. The van der Waals surface area contributed by atoms with Gasteiger partial charge in [0, 0.05) is 31.3 Å². The first-order valence-electron chi connectivity index (χ1n) is 13.8. The fraction of sp³-hybridized carbons (Fsp3) is 0.344. The molecule has 7 nitrogen and oxygen atoms in total. The summed E-state index contributed by atoms with van der Waals surface area (Å²) in [4.78, 5) is 40.0. The summed E-state index contributed by atoms with van der Waals surface area (Å²) in [6, 6.07) is 14.4. The van der Waals surface area contributed by atoms with Gasteiger partial charge in [-0.15, -0.1) is 0 Å². The van der Waals surface area contributed by atoms with Crippen LogP contribution >= 0.6 is 0 Å². The van der Waals surface area contributed by atoms with E-state index in [1.807, 2.05) is 32.0 Å². The number of benzene rings is 3. The number of carbonyl (C=O) groups excluding carboxylic acids is 3. The molecule has 0 aliphatic carbocycles. The van der Waals surface area contributed by atoms with E-state index in [9.17, 15) is 28.3 Å². The van der Waals surface area contributed by atoms with Crippen molar-refractivity contribution in [3.8, 4) is 0 Å². The van der Waals surface area contributed by atoms with Crippen molar-refractivity contribution in [1.29, 1.82) is 0 Å². The third kappa shape index (κ3) is 7.42. The van der Waals surface area contributed by atoms with Gasteiger partial charge in [0.05, 0.1) is 23.3 Å². The maximum atomic E-state index is 13.9. The van der Waals surface area contributed by atoms with Gasteiger partial charge < -0.3 is 15.7 Å². The number of carbonyl (C=O) groups is 3. The first-order chi connectivity index (χ1) is 19.5. The lowest BCUT2D eigenvalue weighted by Crippen LogP contribution is -2.48. The number of rotatable bonds is 12. The zero-order chi connectivity index (χ0) is 29.7. The lowest BCUT2D eigenvalue weighted by Gasteiger charge is -2.25. The largest absolute Gasteiger partial charge is 0.390 e.